The summed E-state index contributed by atoms with van der Waals surface area (Å²) in [5, 5.41) is 9.96. The molecule has 4 heteroatoms. The van der Waals surface area contributed by atoms with Crippen molar-refractivity contribution in [2.45, 2.75) is 64.0 Å². The predicted molar refractivity (Wildman–Crippen MR) is 69.6 cm³/mol. The van der Waals surface area contributed by atoms with Crippen LogP contribution in [-0.2, 0) is 0 Å². The molecule has 2 fully saturated rings. The first-order chi connectivity index (χ1) is 8.61. The molecule has 1 spiro atoms. The molecule has 0 saturated heterocycles. The molecule has 2 atom stereocenters. The number of rotatable bonds is 1. The molecule has 2 N–H and O–H groups in total. The first-order valence-electron chi connectivity index (χ1n) is 7.07. The van der Waals surface area contributed by atoms with Gasteiger partial charge < -0.3 is 10.1 Å². The minimum absolute atomic E-state index is 0.0159. The Labute approximate surface area is 107 Å². The summed E-state index contributed by atoms with van der Waals surface area (Å²) in [7, 11) is 0. The molecular weight excluding hydrogens is 228 g/mol. The van der Waals surface area contributed by atoms with E-state index >= 15 is 0 Å². The largest absolute Gasteiger partial charge is 0.393 e. The maximum Gasteiger partial charge on any atom is 0.325 e. The van der Waals surface area contributed by atoms with E-state index in [0.717, 1.165) is 25.0 Å². The lowest BCUT2D eigenvalue weighted by atomic mass is 9.68. The van der Waals surface area contributed by atoms with Crippen molar-refractivity contribution in [3.8, 4) is 0 Å². The molecule has 1 heterocycles. The van der Waals surface area contributed by atoms with E-state index in [-0.39, 0.29) is 23.3 Å². The number of aromatic amines is 1. The molecule has 0 aromatic carbocycles. The van der Waals surface area contributed by atoms with Crippen LogP contribution in [0.4, 0.5) is 0 Å². The maximum absolute atomic E-state index is 12.0. The molecule has 18 heavy (non-hydrogen) atoms. The predicted octanol–water partition coefficient (Wildman–Crippen LogP) is 2.13. The summed E-state index contributed by atoms with van der Waals surface area (Å²) in [5.74, 6) is 0. The third kappa shape index (κ3) is 1.83. The molecule has 1 aromatic heterocycles. The number of H-pyrrole nitrogens is 1. The average molecular weight is 250 g/mol. The fourth-order valence-corrected chi connectivity index (χ4v) is 4.08. The minimum atomic E-state index is -0.247. The van der Waals surface area contributed by atoms with Crippen LogP contribution < -0.4 is 5.69 Å². The zero-order valence-corrected chi connectivity index (χ0v) is 11.0. The van der Waals surface area contributed by atoms with Crippen LogP contribution in [0.25, 0.3) is 0 Å². The monoisotopic (exact) mass is 250 g/mol. The van der Waals surface area contributed by atoms with Crippen LogP contribution in [0.3, 0.4) is 0 Å². The number of nitrogens with zero attached hydrogens (tertiary/aromatic N) is 1. The summed E-state index contributed by atoms with van der Waals surface area (Å²) in [4.78, 5) is 14.9. The van der Waals surface area contributed by atoms with Gasteiger partial charge in [0.25, 0.3) is 0 Å². The highest BCUT2D eigenvalue weighted by molar-refractivity contribution is 5.03. The molecule has 3 rings (SSSR count). The van der Waals surface area contributed by atoms with Gasteiger partial charge in [0.2, 0.25) is 0 Å². The van der Waals surface area contributed by atoms with E-state index in [0.29, 0.717) is 0 Å². The molecule has 2 aliphatic carbocycles. The zero-order valence-electron chi connectivity index (χ0n) is 11.0. The van der Waals surface area contributed by atoms with Gasteiger partial charge in [0.05, 0.1) is 6.10 Å². The second-order valence-electron chi connectivity index (χ2n) is 6.16. The zero-order chi connectivity index (χ0) is 12.8. The number of hydrogen-bond acceptors (Lipinski definition) is 2. The lowest BCUT2D eigenvalue weighted by Gasteiger charge is -2.43. The highest BCUT2D eigenvalue weighted by Crippen LogP contribution is 2.54. The third-order valence-corrected chi connectivity index (χ3v) is 4.98. The molecule has 0 amide bonds. The molecule has 0 radical (unpaired) electrons. The third-order valence-electron chi connectivity index (χ3n) is 4.98. The van der Waals surface area contributed by atoms with E-state index in [1.165, 1.54) is 25.7 Å². The number of nitrogens with one attached hydrogen (secondary N) is 1. The molecule has 4 nitrogen and oxygen atoms in total. The Morgan fingerprint density at radius 1 is 1.39 bits per heavy atom. The van der Waals surface area contributed by atoms with Crippen molar-refractivity contribution in [1.82, 2.24) is 9.55 Å². The van der Waals surface area contributed by atoms with Crippen molar-refractivity contribution < 1.29 is 5.11 Å². The first kappa shape index (κ1) is 12.0. The molecule has 1 aromatic rings. The van der Waals surface area contributed by atoms with Crippen LogP contribution in [0.15, 0.2) is 11.0 Å². The smallest absolute Gasteiger partial charge is 0.325 e. The molecular formula is C14H22N2O2. The van der Waals surface area contributed by atoms with Crippen molar-refractivity contribution >= 4 is 0 Å². The highest BCUT2D eigenvalue weighted by atomic mass is 16.3. The second-order valence-corrected chi connectivity index (χ2v) is 6.16. The van der Waals surface area contributed by atoms with Crippen LogP contribution in [0.5, 0.6) is 0 Å². The number of aromatic nitrogens is 2. The van der Waals surface area contributed by atoms with E-state index in [4.69, 9.17) is 0 Å². The fraction of sp³-hybridized carbons (Fsp3) is 0.786. The summed E-state index contributed by atoms with van der Waals surface area (Å²) >= 11 is 0. The lowest BCUT2D eigenvalue weighted by molar-refractivity contribution is 0.0162. The summed E-state index contributed by atoms with van der Waals surface area (Å²) in [5.41, 5.74) is 1.16. The van der Waals surface area contributed by atoms with Crippen LogP contribution in [0.2, 0.25) is 0 Å². The van der Waals surface area contributed by atoms with Gasteiger partial charge in [-0.3, -0.25) is 4.57 Å². The van der Waals surface area contributed by atoms with Crippen LogP contribution >= 0.6 is 0 Å². The Morgan fingerprint density at radius 3 is 2.72 bits per heavy atom. The van der Waals surface area contributed by atoms with E-state index in [2.05, 4.69) is 4.98 Å². The molecule has 0 aliphatic heterocycles. The van der Waals surface area contributed by atoms with E-state index in [1.807, 2.05) is 17.7 Å². The second kappa shape index (κ2) is 4.26. The Bertz CT molecular complexity index is 482. The SMILES string of the molecule is Cc1cn(C2CC(O)CCC23CCCC3)c(=O)[nH]1. The van der Waals surface area contributed by atoms with Gasteiger partial charge in [-0.25, -0.2) is 4.79 Å². The van der Waals surface area contributed by atoms with Gasteiger partial charge in [-0.15, -0.1) is 0 Å². The fourth-order valence-electron chi connectivity index (χ4n) is 4.08. The molecule has 2 aliphatic rings. The van der Waals surface area contributed by atoms with Gasteiger partial charge in [0.15, 0.2) is 0 Å². The van der Waals surface area contributed by atoms with E-state index < -0.39 is 0 Å². The van der Waals surface area contributed by atoms with Gasteiger partial charge in [-0.2, -0.15) is 0 Å². The highest BCUT2D eigenvalue weighted by Gasteiger charge is 2.46. The van der Waals surface area contributed by atoms with E-state index in [9.17, 15) is 9.90 Å². The van der Waals surface area contributed by atoms with Crippen molar-refractivity contribution in [3.63, 3.8) is 0 Å². The van der Waals surface area contributed by atoms with Gasteiger partial charge >= 0.3 is 5.69 Å². The standard InChI is InChI=1S/C14H22N2O2/c1-10-9-16(13(18)15-10)12-8-11(17)4-7-14(12)5-2-3-6-14/h9,11-12,17H,2-8H2,1H3,(H,15,18). The van der Waals surface area contributed by atoms with E-state index in [1.54, 1.807) is 0 Å². The Balaban J connectivity index is 2.00. The minimum Gasteiger partial charge on any atom is -0.393 e. The summed E-state index contributed by atoms with van der Waals surface area (Å²) in [6, 6.07) is 0.182. The normalized spacial score (nSPS) is 31.0. The van der Waals surface area contributed by atoms with Gasteiger partial charge in [0.1, 0.15) is 0 Å². The summed E-state index contributed by atoms with van der Waals surface area (Å²) in [6.07, 6.45) is 9.33. The molecule has 2 unspecified atom stereocenters. The van der Waals surface area contributed by atoms with Gasteiger partial charge in [-0.05, 0) is 44.4 Å². The summed E-state index contributed by atoms with van der Waals surface area (Å²) < 4.78 is 1.85. The van der Waals surface area contributed by atoms with Gasteiger partial charge in [-0.1, -0.05) is 12.8 Å². The Morgan fingerprint density at radius 2 is 2.11 bits per heavy atom. The number of aliphatic hydroxyl groups excluding tert-OH is 1. The van der Waals surface area contributed by atoms with Crippen LogP contribution in [-0.4, -0.2) is 20.8 Å². The molecule has 2 saturated carbocycles. The van der Waals surface area contributed by atoms with Gasteiger partial charge in [0, 0.05) is 17.9 Å². The van der Waals surface area contributed by atoms with Crippen molar-refractivity contribution in [3.05, 3.63) is 22.4 Å². The van der Waals surface area contributed by atoms with Crippen molar-refractivity contribution in [2.24, 2.45) is 5.41 Å². The van der Waals surface area contributed by atoms with Crippen molar-refractivity contribution in [2.75, 3.05) is 0 Å². The number of hydrogen-bond donors (Lipinski definition) is 2. The topological polar surface area (TPSA) is 58.0 Å². The summed E-state index contributed by atoms with van der Waals surface area (Å²) in [6.45, 7) is 1.92. The quantitative estimate of drug-likeness (QED) is 0.802. The molecule has 0 bridgehead atoms. The van der Waals surface area contributed by atoms with Crippen LogP contribution in [0, 0.1) is 12.3 Å². The first-order valence-corrected chi connectivity index (χ1v) is 7.07. The Hall–Kier alpha value is -1.03. The van der Waals surface area contributed by atoms with Crippen molar-refractivity contribution in [1.29, 1.82) is 0 Å². The number of aryl methyl sites for hydroxylation is 1. The number of aliphatic hydroxyl groups is 1. The number of imidazole rings is 1. The Kier molecular flexibility index (Phi) is 2.85. The average Bonchev–Trinajstić information content (AvgIpc) is 2.91. The lowest BCUT2D eigenvalue weighted by Crippen LogP contribution is -2.41. The maximum atomic E-state index is 12.0. The molecule has 100 valence electrons. The van der Waals surface area contributed by atoms with Crippen LogP contribution in [0.1, 0.15) is 56.7 Å².